The number of nitrogens with zero attached hydrogens (tertiary/aromatic N) is 2. The van der Waals surface area contributed by atoms with Crippen LogP contribution in [0.5, 0.6) is 0 Å². The average Bonchev–Trinajstić information content (AvgIpc) is 2.25. The molecule has 1 rings (SSSR count). The van der Waals surface area contributed by atoms with Crippen molar-refractivity contribution < 1.29 is 5.11 Å². The third-order valence-electron chi connectivity index (χ3n) is 2.53. The number of aromatic nitrogens is 1. The van der Waals surface area contributed by atoms with Crippen LogP contribution in [0.2, 0.25) is 0 Å². The van der Waals surface area contributed by atoms with E-state index in [2.05, 4.69) is 29.8 Å². The fourth-order valence-electron chi connectivity index (χ4n) is 1.58. The van der Waals surface area contributed by atoms with Gasteiger partial charge in [0.2, 0.25) is 0 Å². The maximum Gasteiger partial charge on any atom is 0.0558 e. The Balaban J connectivity index is 2.40. The molecule has 0 atom stereocenters. The van der Waals surface area contributed by atoms with Crippen LogP contribution in [0.4, 0.5) is 0 Å². The molecule has 84 valence electrons. The Morgan fingerprint density at radius 1 is 1.40 bits per heavy atom. The molecule has 0 amide bonds. The molecule has 0 bridgehead atoms. The molecular formula is C12H20N2O. The summed E-state index contributed by atoms with van der Waals surface area (Å²) in [7, 11) is 0. The minimum atomic E-state index is 0.227. The molecule has 0 radical (unpaired) electrons. The third kappa shape index (κ3) is 4.40. The van der Waals surface area contributed by atoms with E-state index in [0.717, 1.165) is 19.5 Å². The van der Waals surface area contributed by atoms with E-state index in [4.69, 9.17) is 5.11 Å². The summed E-state index contributed by atoms with van der Waals surface area (Å²) < 4.78 is 0. The molecule has 0 aliphatic rings. The van der Waals surface area contributed by atoms with E-state index < -0.39 is 0 Å². The van der Waals surface area contributed by atoms with Gasteiger partial charge in [0, 0.05) is 31.5 Å². The molecule has 15 heavy (non-hydrogen) atoms. The molecule has 1 N–H and O–H groups in total. The van der Waals surface area contributed by atoms with Crippen LogP contribution in [-0.4, -0.2) is 40.7 Å². The molecule has 0 saturated heterocycles. The van der Waals surface area contributed by atoms with Gasteiger partial charge < -0.3 is 5.11 Å². The summed E-state index contributed by atoms with van der Waals surface area (Å²) in [5.41, 5.74) is 1.25. The van der Waals surface area contributed by atoms with Gasteiger partial charge in [0.25, 0.3) is 0 Å². The molecule has 1 aromatic heterocycles. The second kappa shape index (κ2) is 6.53. The maximum atomic E-state index is 8.93. The Bertz CT molecular complexity index is 262. The molecule has 0 saturated carbocycles. The summed E-state index contributed by atoms with van der Waals surface area (Å²) in [6.07, 6.45) is 4.68. The van der Waals surface area contributed by atoms with Crippen LogP contribution >= 0.6 is 0 Å². The van der Waals surface area contributed by atoms with Crippen molar-refractivity contribution in [1.82, 2.24) is 9.88 Å². The molecule has 0 aliphatic carbocycles. The lowest BCUT2D eigenvalue weighted by molar-refractivity contribution is 0.167. The average molecular weight is 208 g/mol. The fourth-order valence-corrected chi connectivity index (χ4v) is 1.58. The highest BCUT2D eigenvalue weighted by Gasteiger charge is 2.08. The Hall–Kier alpha value is -0.930. The van der Waals surface area contributed by atoms with E-state index in [1.807, 2.05) is 12.3 Å². The lowest BCUT2D eigenvalue weighted by Gasteiger charge is -2.25. The Morgan fingerprint density at radius 3 is 2.73 bits per heavy atom. The standard InChI is InChI=1S/C12H20N2O/c1-11(2)14(8-9-15)7-5-12-4-3-6-13-10-12/h3-4,6,10-11,15H,5,7-9H2,1-2H3. The Labute approximate surface area is 91.8 Å². The van der Waals surface area contributed by atoms with E-state index in [1.165, 1.54) is 5.56 Å². The monoisotopic (exact) mass is 208 g/mol. The van der Waals surface area contributed by atoms with Crippen molar-refractivity contribution in [3.05, 3.63) is 30.1 Å². The van der Waals surface area contributed by atoms with E-state index in [0.29, 0.717) is 6.04 Å². The first-order valence-corrected chi connectivity index (χ1v) is 5.48. The zero-order valence-electron chi connectivity index (χ0n) is 9.56. The van der Waals surface area contributed by atoms with Gasteiger partial charge in [0.1, 0.15) is 0 Å². The topological polar surface area (TPSA) is 36.4 Å². The number of hydrogen-bond acceptors (Lipinski definition) is 3. The summed E-state index contributed by atoms with van der Waals surface area (Å²) in [6.45, 7) is 6.25. The summed E-state index contributed by atoms with van der Waals surface area (Å²) in [5.74, 6) is 0. The number of rotatable bonds is 6. The van der Waals surface area contributed by atoms with Crippen LogP contribution in [-0.2, 0) is 6.42 Å². The summed E-state index contributed by atoms with van der Waals surface area (Å²) >= 11 is 0. The van der Waals surface area contributed by atoms with Crippen LogP contribution in [0.15, 0.2) is 24.5 Å². The number of aliphatic hydroxyl groups excluding tert-OH is 1. The van der Waals surface area contributed by atoms with Gasteiger partial charge >= 0.3 is 0 Å². The van der Waals surface area contributed by atoms with Crippen LogP contribution in [0.3, 0.4) is 0 Å². The van der Waals surface area contributed by atoms with Gasteiger partial charge in [-0.3, -0.25) is 9.88 Å². The molecule has 0 spiro atoms. The van der Waals surface area contributed by atoms with Crippen molar-refractivity contribution in [2.75, 3.05) is 19.7 Å². The van der Waals surface area contributed by atoms with Gasteiger partial charge in [-0.2, -0.15) is 0 Å². The smallest absolute Gasteiger partial charge is 0.0558 e. The number of pyridine rings is 1. The van der Waals surface area contributed by atoms with Gasteiger partial charge in [-0.25, -0.2) is 0 Å². The molecule has 0 aliphatic heterocycles. The van der Waals surface area contributed by atoms with Crippen LogP contribution in [0, 0.1) is 0 Å². The lowest BCUT2D eigenvalue weighted by Crippen LogP contribution is -2.35. The zero-order chi connectivity index (χ0) is 11.1. The van der Waals surface area contributed by atoms with Gasteiger partial charge in [0.15, 0.2) is 0 Å². The normalized spacial score (nSPS) is 11.3. The first kappa shape index (κ1) is 12.1. The van der Waals surface area contributed by atoms with Gasteiger partial charge in [0.05, 0.1) is 6.61 Å². The highest BCUT2D eigenvalue weighted by Crippen LogP contribution is 2.02. The van der Waals surface area contributed by atoms with Crippen molar-refractivity contribution in [1.29, 1.82) is 0 Å². The Kier molecular flexibility index (Phi) is 5.29. The van der Waals surface area contributed by atoms with Crippen LogP contribution in [0.1, 0.15) is 19.4 Å². The zero-order valence-corrected chi connectivity index (χ0v) is 9.56. The minimum Gasteiger partial charge on any atom is -0.395 e. The summed E-state index contributed by atoms with van der Waals surface area (Å²) in [4.78, 5) is 6.36. The first-order chi connectivity index (χ1) is 7.24. The molecular weight excluding hydrogens is 188 g/mol. The molecule has 1 heterocycles. The molecule has 0 fully saturated rings. The van der Waals surface area contributed by atoms with Crippen LogP contribution < -0.4 is 0 Å². The molecule has 3 nitrogen and oxygen atoms in total. The molecule has 1 aromatic rings. The number of hydrogen-bond donors (Lipinski definition) is 1. The fraction of sp³-hybridized carbons (Fsp3) is 0.583. The van der Waals surface area contributed by atoms with Crippen molar-refractivity contribution in [3.63, 3.8) is 0 Å². The highest BCUT2D eigenvalue weighted by atomic mass is 16.3. The van der Waals surface area contributed by atoms with Crippen molar-refractivity contribution in [3.8, 4) is 0 Å². The van der Waals surface area contributed by atoms with Crippen molar-refractivity contribution >= 4 is 0 Å². The molecule has 0 unspecified atom stereocenters. The van der Waals surface area contributed by atoms with Crippen LogP contribution in [0.25, 0.3) is 0 Å². The summed E-state index contributed by atoms with van der Waals surface area (Å²) in [6, 6.07) is 4.53. The van der Waals surface area contributed by atoms with Gasteiger partial charge in [-0.15, -0.1) is 0 Å². The second-order valence-corrected chi connectivity index (χ2v) is 3.96. The maximum absolute atomic E-state index is 8.93. The quantitative estimate of drug-likeness (QED) is 0.766. The highest BCUT2D eigenvalue weighted by molar-refractivity contribution is 5.08. The molecule has 3 heteroatoms. The summed E-state index contributed by atoms with van der Waals surface area (Å²) in [5, 5.41) is 8.93. The lowest BCUT2D eigenvalue weighted by atomic mass is 10.2. The van der Waals surface area contributed by atoms with E-state index in [9.17, 15) is 0 Å². The predicted molar refractivity (Wildman–Crippen MR) is 61.7 cm³/mol. The first-order valence-electron chi connectivity index (χ1n) is 5.48. The van der Waals surface area contributed by atoms with Crippen molar-refractivity contribution in [2.45, 2.75) is 26.3 Å². The second-order valence-electron chi connectivity index (χ2n) is 3.96. The SMILES string of the molecule is CC(C)N(CCO)CCc1cccnc1. The van der Waals surface area contributed by atoms with Crippen molar-refractivity contribution in [2.24, 2.45) is 0 Å². The van der Waals surface area contributed by atoms with E-state index in [1.54, 1.807) is 6.20 Å². The van der Waals surface area contributed by atoms with Gasteiger partial charge in [-0.1, -0.05) is 6.07 Å². The number of aliphatic hydroxyl groups is 1. The third-order valence-corrected chi connectivity index (χ3v) is 2.53. The largest absolute Gasteiger partial charge is 0.395 e. The predicted octanol–water partition coefficient (Wildman–Crippen LogP) is 1.33. The van der Waals surface area contributed by atoms with Gasteiger partial charge in [-0.05, 0) is 31.9 Å². The van der Waals surface area contributed by atoms with E-state index in [-0.39, 0.29) is 6.61 Å². The Morgan fingerprint density at radius 2 is 2.20 bits per heavy atom. The van der Waals surface area contributed by atoms with E-state index >= 15 is 0 Å². The minimum absolute atomic E-state index is 0.227. The molecule has 0 aromatic carbocycles.